The van der Waals surface area contributed by atoms with Crippen molar-refractivity contribution in [3.05, 3.63) is 66.6 Å². The van der Waals surface area contributed by atoms with Crippen molar-refractivity contribution < 1.29 is 9.32 Å². The zero-order valence-corrected chi connectivity index (χ0v) is 12.4. The van der Waals surface area contributed by atoms with Crippen molar-refractivity contribution in [3.8, 4) is 11.4 Å². The molecule has 5 heteroatoms. The molecule has 2 aromatic carbocycles. The molecule has 1 aliphatic heterocycles. The highest BCUT2D eigenvalue weighted by atomic mass is 16.5. The maximum absolute atomic E-state index is 12.3. The van der Waals surface area contributed by atoms with E-state index in [0.717, 1.165) is 11.3 Å². The second kappa shape index (κ2) is 5.68. The van der Waals surface area contributed by atoms with Crippen molar-refractivity contribution in [2.75, 3.05) is 11.4 Å². The minimum absolute atomic E-state index is 0.0623. The van der Waals surface area contributed by atoms with Crippen molar-refractivity contribution in [1.29, 1.82) is 0 Å². The summed E-state index contributed by atoms with van der Waals surface area (Å²) in [4.78, 5) is 18.5. The molecule has 2 heterocycles. The Labute approximate surface area is 133 Å². The lowest BCUT2D eigenvalue weighted by Gasteiger charge is -2.15. The van der Waals surface area contributed by atoms with Crippen LogP contribution >= 0.6 is 0 Å². The van der Waals surface area contributed by atoms with Gasteiger partial charge < -0.3 is 9.42 Å². The monoisotopic (exact) mass is 305 g/mol. The zero-order chi connectivity index (χ0) is 15.6. The Morgan fingerprint density at radius 1 is 1.00 bits per heavy atom. The number of benzene rings is 2. The Morgan fingerprint density at radius 2 is 1.70 bits per heavy atom. The first-order valence-electron chi connectivity index (χ1n) is 7.56. The molecule has 1 aromatic heterocycles. The molecule has 0 spiro atoms. The Kier molecular flexibility index (Phi) is 3.38. The van der Waals surface area contributed by atoms with Crippen LogP contribution in [-0.4, -0.2) is 22.6 Å². The molecule has 3 aromatic rings. The van der Waals surface area contributed by atoms with Crippen LogP contribution in [0.3, 0.4) is 0 Å². The van der Waals surface area contributed by atoms with E-state index in [1.54, 1.807) is 4.90 Å². The SMILES string of the molecule is O=C1C[C@H](c2nc(-c3ccccc3)no2)CN1c1ccccc1. The molecule has 1 fully saturated rings. The molecule has 1 aliphatic rings. The number of rotatable bonds is 3. The topological polar surface area (TPSA) is 59.2 Å². The molecule has 0 aliphatic carbocycles. The number of para-hydroxylation sites is 1. The normalized spacial score (nSPS) is 17.7. The molecule has 0 radical (unpaired) electrons. The van der Waals surface area contributed by atoms with E-state index >= 15 is 0 Å². The van der Waals surface area contributed by atoms with Gasteiger partial charge in [0.1, 0.15) is 0 Å². The third-order valence-electron chi connectivity index (χ3n) is 4.02. The third-order valence-corrected chi connectivity index (χ3v) is 4.02. The van der Waals surface area contributed by atoms with E-state index in [9.17, 15) is 4.79 Å². The van der Waals surface area contributed by atoms with Crippen LogP contribution in [0.4, 0.5) is 5.69 Å². The predicted molar refractivity (Wildman–Crippen MR) is 85.9 cm³/mol. The standard InChI is InChI=1S/C18H15N3O2/c22-16-11-14(12-21(16)15-9-5-2-6-10-15)18-19-17(20-23-18)13-7-3-1-4-8-13/h1-10,14H,11-12H2/t14-/m0/s1. The number of aromatic nitrogens is 2. The van der Waals surface area contributed by atoms with Gasteiger partial charge in [-0.15, -0.1) is 0 Å². The molecule has 23 heavy (non-hydrogen) atoms. The van der Waals surface area contributed by atoms with Gasteiger partial charge in [-0.3, -0.25) is 4.79 Å². The highest BCUT2D eigenvalue weighted by Gasteiger charge is 2.35. The molecule has 0 saturated carbocycles. The Bertz CT molecular complexity index is 815. The fourth-order valence-electron chi connectivity index (χ4n) is 2.84. The molecule has 1 saturated heterocycles. The van der Waals surface area contributed by atoms with E-state index in [-0.39, 0.29) is 11.8 Å². The summed E-state index contributed by atoms with van der Waals surface area (Å²) in [6.45, 7) is 0.569. The highest BCUT2D eigenvalue weighted by Crippen LogP contribution is 2.31. The molecule has 5 nitrogen and oxygen atoms in total. The summed E-state index contributed by atoms with van der Waals surface area (Å²) in [5.74, 6) is 1.11. The molecular formula is C18H15N3O2. The van der Waals surface area contributed by atoms with Crippen molar-refractivity contribution in [3.63, 3.8) is 0 Å². The van der Waals surface area contributed by atoms with Gasteiger partial charge in [-0.05, 0) is 12.1 Å². The number of amides is 1. The number of carbonyl (C=O) groups is 1. The summed E-state index contributed by atoms with van der Waals surface area (Å²) < 4.78 is 5.40. The van der Waals surface area contributed by atoms with Gasteiger partial charge in [0.2, 0.25) is 17.6 Å². The maximum atomic E-state index is 12.3. The molecule has 0 bridgehead atoms. The molecule has 1 atom stereocenters. The van der Waals surface area contributed by atoms with E-state index in [1.165, 1.54) is 0 Å². The Hall–Kier alpha value is -2.95. The van der Waals surface area contributed by atoms with Crippen LogP contribution in [0.1, 0.15) is 18.2 Å². The molecule has 4 rings (SSSR count). The van der Waals surface area contributed by atoms with Crippen molar-refractivity contribution in [1.82, 2.24) is 10.1 Å². The fraction of sp³-hybridized carbons (Fsp3) is 0.167. The van der Waals surface area contributed by atoms with Crippen LogP contribution in [0.2, 0.25) is 0 Å². The number of anilines is 1. The summed E-state index contributed by atoms with van der Waals surface area (Å²) in [7, 11) is 0. The molecular weight excluding hydrogens is 290 g/mol. The highest BCUT2D eigenvalue weighted by molar-refractivity contribution is 5.96. The Morgan fingerprint density at radius 3 is 2.43 bits per heavy atom. The average Bonchev–Trinajstić information content (AvgIpc) is 3.23. The molecule has 0 N–H and O–H groups in total. The minimum atomic E-state index is -0.0623. The quantitative estimate of drug-likeness (QED) is 0.745. The van der Waals surface area contributed by atoms with E-state index in [0.29, 0.717) is 24.7 Å². The smallest absolute Gasteiger partial charge is 0.232 e. The lowest BCUT2D eigenvalue weighted by atomic mass is 10.1. The third kappa shape index (κ3) is 2.61. The first kappa shape index (κ1) is 13.7. The van der Waals surface area contributed by atoms with Crippen molar-refractivity contribution >= 4 is 11.6 Å². The molecule has 1 amide bonds. The van der Waals surface area contributed by atoms with E-state index in [2.05, 4.69) is 10.1 Å². The summed E-state index contributed by atoms with van der Waals surface area (Å²) in [5, 5.41) is 4.04. The van der Waals surface area contributed by atoms with Gasteiger partial charge in [0.05, 0.1) is 5.92 Å². The Balaban J connectivity index is 1.56. The summed E-state index contributed by atoms with van der Waals surface area (Å²) in [6.07, 6.45) is 0.394. The van der Waals surface area contributed by atoms with Gasteiger partial charge in [-0.1, -0.05) is 53.7 Å². The van der Waals surface area contributed by atoms with Crippen LogP contribution in [0.15, 0.2) is 65.2 Å². The summed E-state index contributed by atoms with van der Waals surface area (Å²) in [5.41, 5.74) is 1.81. The lowest BCUT2D eigenvalue weighted by Crippen LogP contribution is -2.24. The van der Waals surface area contributed by atoms with Gasteiger partial charge in [-0.2, -0.15) is 4.98 Å². The number of hydrogen-bond donors (Lipinski definition) is 0. The number of nitrogens with zero attached hydrogens (tertiary/aromatic N) is 3. The van der Waals surface area contributed by atoms with Crippen LogP contribution < -0.4 is 4.90 Å². The van der Waals surface area contributed by atoms with Gasteiger partial charge in [-0.25, -0.2) is 0 Å². The average molecular weight is 305 g/mol. The number of hydrogen-bond acceptors (Lipinski definition) is 4. The fourth-order valence-corrected chi connectivity index (χ4v) is 2.84. The van der Waals surface area contributed by atoms with Gasteiger partial charge in [0.25, 0.3) is 0 Å². The summed E-state index contributed by atoms with van der Waals surface area (Å²) in [6, 6.07) is 19.3. The predicted octanol–water partition coefficient (Wildman–Crippen LogP) is 3.26. The zero-order valence-electron chi connectivity index (χ0n) is 12.4. The van der Waals surface area contributed by atoms with E-state index in [4.69, 9.17) is 4.52 Å². The van der Waals surface area contributed by atoms with Crippen molar-refractivity contribution in [2.45, 2.75) is 12.3 Å². The van der Waals surface area contributed by atoms with Gasteiger partial charge in [0.15, 0.2) is 0 Å². The lowest BCUT2D eigenvalue weighted by molar-refractivity contribution is -0.117. The number of carbonyl (C=O) groups excluding carboxylic acids is 1. The first-order valence-corrected chi connectivity index (χ1v) is 7.56. The van der Waals surface area contributed by atoms with Gasteiger partial charge >= 0.3 is 0 Å². The second-order valence-corrected chi connectivity index (χ2v) is 5.56. The second-order valence-electron chi connectivity index (χ2n) is 5.56. The van der Waals surface area contributed by atoms with Crippen LogP contribution in [-0.2, 0) is 4.79 Å². The molecule has 114 valence electrons. The van der Waals surface area contributed by atoms with E-state index in [1.807, 2.05) is 60.7 Å². The van der Waals surface area contributed by atoms with Crippen LogP contribution in [0, 0.1) is 0 Å². The van der Waals surface area contributed by atoms with Crippen molar-refractivity contribution in [2.24, 2.45) is 0 Å². The van der Waals surface area contributed by atoms with Crippen LogP contribution in [0.25, 0.3) is 11.4 Å². The summed E-state index contributed by atoms with van der Waals surface area (Å²) >= 11 is 0. The maximum Gasteiger partial charge on any atom is 0.232 e. The minimum Gasteiger partial charge on any atom is -0.339 e. The van der Waals surface area contributed by atoms with Gasteiger partial charge in [0, 0.05) is 24.2 Å². The largest absolute Gasteiger partial charge is 0.339 e. The first-order chi connectivity index (χ1) is 11.3. The van der Waals surface area contributed by atoms with E-state index < -0.39 is 0 Å². The van der Waals surface area contributed by atoms with Crippen LogP contribution in [0.5, 0.6) is 0 Å². The molecule has 0 unspecified atom stereocenters.